The molecule has 0 saturated heterocycles. The minimum Gasteiger partial charge on any atom is -0.339 e. The first kappa shape index (κ1) is 12.5. The minimum absolute atomic E-state index is 0.433. The molecule has 1 N–H and O–H groups in total. The smallest absolute Gasteiger partial charge is 0.152 e. The van der Waals surface area contributed by atoms with Crippen LogP contribution in [-0.2, 0) is 0 Å². The monoisotopic (exact) mass is 302 g/mol. The van der Waals surface area contributed by atoms with Crippen LogP contribution in [0.15, 0.2) is 28.9 Å². The van der Waals surface area contributed by atoms with Gasteiger partial charge in [0.15, 0.2) is 5.82 Å². The molecule has 0 bridgehead atoms. The van der Waals surface area contributed by atoms with Crippen molar-refractivity contribution in [3.63, 3.8) is 0 Å². The Morgan fingerprint density at radius 3 is 2.78 bits per heavy atom. The molecule has 0 aliphatic carbocycles. The summed E-state index contributed by atoms with van der Waals surface area (Å²) < 4.78 is 1.02. The topological polar surface area (TPSA) is 61.6 Å². The molecule has 2 aromatic rings. The predicted octanol–water partition coefficient (Wildman–Crippen LogP) is 3.47. The molecule has 90 valence electrons. The zero-order chi connectivity index (χ0) is 13.1. The van der Waals surface area contributed by atoms with Gasteiger partial charge in [-0.15, -0.1) is 0 Å². The van der Waals surface area contributed by atoms with E-state index in [1.54, 1.807) is 6.92 Å². The Labute approximate surface area is 114 Å². The van der Waals surface area contributed by atoms with Crippen molar-refractivity contribution >= 4 is 27.4 Å². The molecule has 5 heteroatoms. The van der Waals surface area contributed by atoms with E-state index in [1.165, 1.54) is 6.20 Å². The van der Waals surface area contributed by atoms with Crippen molar-refractivity contribution in [2.24, 2.45) is 0 Å². The van der Waals surface area contributed by atoms with Crippen LogP contribution in [0.4, 0.5) is 11.5 Å². The van der Waals surface area contributed by atoms with Gasteiger partial charge >= 0.3 is 0 Å². The first-order valence-electron chi connectivity index (χ1n) is 5.37. The van der Waals surface area contributed by atoms with Crippen LogP contribution in [0.1, 0.15) is 17.0 Å². The third-order valence-corrected chi connectivity index (χ3v) is 2.96. The summed E-state index contributed by atoms with van der Waals surface area (Å²) in [5.74, 6) is 1.17. The van der Waals surface area contributed by atoms with Gasteiger partial charge in [0.1, 0.15) is 17.5 Å². The molecule has 1 aromatic carbocycles. The van der Waals surface area contributed by atoms with Crippen LogP contribution in [0.2, 0.25) is 0 Å². The van der Waals surface area contributed by atoms with Crippen LogP contribution < -0.4 is 5.32 Å². The van der Waals surface area contributed by atoms with E-state index in [9.17, 15) is 0 Å². The van der Waals surface area contributed by atoms with Gasteiger partial charge in [0.05, 0.1) is 6.20 Å². The number of halogens is 1. The molecule has 0 unspecified atom stereocenters. The molecule has 0 amide bonds. The summed E-state index contributed by atoms with van der Waals surface area (Å²) in [6.07, 6.45) is 1.53. The first-order chi connectivity index (χ1) is 8.60. The second-order valence-corrected chi connectivity index (χ2v) is 4.79. The van der Waals surface area contributed by atoms with Crippen LogP contribution in [0.3, 0.4) is 0 Å². The summed E-state index contributed by atoms with van der Waals surface area (Å²) in [5, 5.41) is 12.2. The van der Waals surface area contributed by atoms with E-state index in [0.717, 1.165) is 15.7 Å². The standard InChI is InChI=1S/C13H11BrN4/c1-8-5-11(14)3-4-12(8)18-13-10(6-15)7-16-9(2)17-13/h3-5,7H,1-2H3,(H,16,17,18). The molecule has 4 nitrogen and oxygen atoms in total. The molecule has 0 fully saturated rings. The Kier molecular flexibility index (Phi) is 3.58. The van der Waals surface area contributed by atoms with Crippen molar-refractivity contribution < 1.29 is 0 Å². The number of rotatable bonds is 2. The number of benzene rings is 1. The number of nitrogens with one attached hydrogen (secondary N) is 1. The average molecular weight is 303 g/mol. The maximum atomic E-state index is 9.02. The normalized spacial score (nSPS) is 9.89. The van der Waals surface area contributed by atoms with Crippen molar-refractivity contribution in [2.75, 3.05) is 5.32 Å². The van der Waals surface area contributed by atoms with Gasteiger partial charge in [-0.05, 0) is 37.6 Å². The van der Waals surface area contributed by atoms with E-state index in [1.807, 2.05) is 25.1 Å². The highest BCUT2D eigenvalue weighted by Gasteiger charge is 2.07. The third-order valence-electron chi connectivity index (χ3n) is 2.47. The Morgan fingerprint density at radius 2 is 2.11 bits per heavy atom. The summed E-state index contributed by atoms with van der Waals surface area (Å²) in [6, 6.07) is 7.96. The van der Waals surface area contributed by atoms with E-state index >= 15 is 0 Å². The fourth-order valence-electron chi connectivity index (χ4n) is 1.54. The minimum atomic E-state index is 0.433. The maximum absolute atomic E-state index is 9.02. The van der Waals surface area contributed by atoms with Crippen molar-refractivity contribution in [1.82, 2.24) is 9.97 Å². The fourth-order valence-corrected chi connectivity index (χ4v) is 2.02. The second kappa shape index (κ2) is 5.15. The Hall–Kier alpha value is -1.93. The second-order valence-electron chi connectivity index (χ2n) is 3.88. The zero-order valence-corrected chi connectivity index (χ0v) is 11.6. The molecule has 0 radical (unpaired) electrons. The lowest BCUT2D eigenvalue weighted by molar-refractivity contribution is 1.05. The maximum Gasteiger partial charge on any atom is 0.152 e. The van der Waals surface area contributed by atoms with Crippen LogP contribution in [0, 0.1) is 25.2 Å². The molecule has 1 aromatic heterocycles. The van der Waals surface area contributed by atoms with Gasteiger partial charge in [-0.2, -0.15) is 5.26 Å². The Bertz CT molecular complexity index is 631. The van der Waals surface area contributed by atoms with Gasteiger partial charge in [-0.1, -0.05) is 15.9 Å². The van der Waals surface area contributed by atoms with Crippen LogP contribution in [0.25, 0.3) is 0 Å². The van der Waals surface area contributed by atoms with Crippen LogP contribution >= 0.6 is 15.9 Å². The molecule has 18 heavy (non-hydrogen) atoms. The fraction of sp³-hybridized carbons (Fsp3) is 0.154. The largest absolute Gasteiger partial charge is 0.339 e. The number of aryl methyl sites for hydroxylation is 2. The number of hydrogen-bond donors (Lipinski definition) is 1. The van der Waals surface area contributed by atoms with Gasteiger partial charge in [-0.25, -0.2) is 9.97 Å². The van der Waals surface area contributed by atoms with Gasteiger partial charge in [0.25, 0.3) is 0 Å². The highest BCUT2D eigenvalue weighted by molar-refractivity contribution is 9.10. The summed E-state index contributed by atoms with van der Waals surface area (Å²) in [7, 11) is 0. The lowest BCUT2D eigenvalue weighted by Crippen LogP contribution is -2.01. The highest BCUT2D eigenvalue weighted by Crippen LogP contribution is 2.24. The molecule has 0 saturated carbocycles. The Morgan fingerprint density at radius 1 is 1.33 bits per heavy atom. The number of anilines is 2. The van der Waals surface area contributed by atoms with Crippen molar-refractivity contribution in [1.29, 1.82) is 5.26 Å². The van der Waals surface area contributed by atoms with E-state index in [4.69, 9.17) is 5.26 Å². The first-order valence-corrected chi connectivity index (χ1v) is 6.16. The molecule has 0 aliphatic heterocycles. The molecule has 0 aliphatic rings. The molecule has 1 heterocycles. The quantitative estimate of drug-likeness (QED) is 0.922. The van der Waals surface area contributed by atoms with Gasteiger partial charge in [0.2, 0.25) is 0 Å². The van der Waals surface area contributed by atoms with Crippen molar-refractivity contribution in [2.45, 2.75) is 13.8 Å². The Balaban J connectivity index is 2.40. The number of aromatic nitrogens is 2. The van der Waals surface area contributed by atoms with E-state index in [0.29, 0.717) is 17.2 Å². The summed E-state index contributed by atoms with van der Waals surface area (Å²) in [4.78, 5) is 8.25. The van der Waals surface area contributed by atoms with Gasteiger partial charge in [0, 0.05) is 10.2 Å². The number of nitrogens with zero attached hydrogens (tertiary/aromatic N) is 3. The average Bonchev–Trinajstić information content (AvgIpc) is 2.33. The SMILES string of the molecule is Cc1ncc(C#N)c(Nc2ccc(Br)cc2C)n1. The van der Waals surface area contributed by atoms with Gasteiger partial charge < -0.3 is 5.32 Å². The van der Waals surface area contributed by atoms with Gasteiger partial charge in [-0.3, -0.25) is 0 Å². The lowest BCUT2D eigenvalue weighted by Gasteiger charge is -2.10. The zero-order valence-electron chi connectivity index (χ0n) is 10.0. The van der Waals surface area contributed by atoms with Crippen molar-refractivity contribution in [3.05, 3.63) is 45.8 Å². The predicted molar refractivity (Wildman–Crippen MR) is 73.6 cm³/mol. The molecule has 2 rings (SSSR count). The summed E-state index contributed by atoms with van der Waals surface area (Å²) in [5.41, 5.74) is 2.43. The van der Waals surface area contributed by atoms with E-state index < -0.39 is 0 Å². The van der Waals surface area contributed by atoms with E-state index in [-0.39, 0.29) is 0 Å². The third kappa shape index (κ3) is 2.66. The van der Waals surface area contributed by atoms with Crippen LogP contribution in [-0.4, -0.2) is 9.97 Å². The molecular weight excluding hydrogens is 292 g/mol. The van der Waals surface area contributed by atoms with Crippen LogP contribution in [0.5, 0.6) is 0 Å². The molecule has 0 spiro atoms. The lowest BCUT2D eigenvalue weighted by atomic mass is 10.2. The highest BCUT2D eigenvalue weighted by atomic mass is 79.9. The van der Waals surface area contributed by atoms with E-state index in [2.05, 4.69) is 37.3 Å². The number of hydrogen-bond acceptors (Lipinski definition) is 4. The molecule has 0 atom stereocenters. The summed E-state index contributed by atoms with van der Waals surface area (Å²) >= 11 is 3.42. The number of nitriles is 1. The van der Waals surface area contributed by atoms with Crippen molar-refractivity contribution in [3.8, 4) is 6.07 Å². The summed E-state index contributed by atoms with van der Waals surface area (Å²) in [6.45, 7) is 3.79. The molecular formula is C13H11BrN4.